The van der Waals surface area contributed by atoms with Crippen LogP contribution in [-0.2, 0) is 0 Å². The van der Waals surface area contributed by atoms with Gasteiger partial charge in [-0.15, -0.1) is 0 Å². The molecule has 21 heavy (non-hydrogen) atoms. The molecule has 6 nitrogen and oxygen atoms in total. The van der Waals surface area contributed by atoms with Crippen molar-refractivity contribution in [2.24, 2.45) is 0 Å². The van der Waals surface area contributed by atoms with E-state index in [1.54, 1.807) is 0 Å². The summed E-state index contributed by atoms with van der Waals surface area (Å²) in [7, 11) is 18.5. The fourth-order valence-electron chi connectivity index (χ4n) is 0.900. The molecular formula is C15H42N3O3+3. The molecule has 0 heterocycles. The fourth-order valence-corrected chi connectivity index (χ4v) is 0.900. The first-order valence-electron chi connectivity index (χ1n) is 7.42. The van der Waals surface area contributed by atoms with Gasteiger partial charge in [0.05, 0.1) is 83.2 Å². The Morgan fingerprint density at radius 3 is 0.571 bits per heavy atom. The van der Waals surface area contributed by atoms with E-state index in [2.05, 4.69) is 63.4 Å². The number of nitrogens with zero attached hydrogens (tertiary/aromatic N) is 3. The van der Waals surface area contributed by atoms with Crippen molar-refractivity contribution >= 4 is 0 Å². The molecule has 0 aromatic rings. The Hall–Kier alpha value is -0.240. The maximum Gasteiger partial charge on any atom is 0.101 e. The highest BCUT2D eigenvalue weighted by atomic mass is 16.3. The van der Waals surface area contributed by atoms with Crippen molar-refractivity contribution in [1.82, 2.24) is 0 Å². The summed E-state index contributed by atoms with van der Waals surface area (Å²) < 4.78 is 2.53. The van der Waals surface area contributed by atoms with E-state index >= 15 is 0 Å². The first-order chi connectivity index (χ1) is 9.18. The van der Waals surface area contributed by atoms with Crippen LogP contribution in [0.3, 0.4) is 0 Å². The van der Waals surface area contributed by atoms with Gasteiger partial charge in [-0.05, 0) is 0 Å². The Morgan fingerprint density at radius 1 is 0.429 bits per heavy atom. The number of quaternary nitrogens is 3. The Kier molecular flexibility index (Phi) is 15.1. The first-order valence-corrected chi connectivity index (χ1v) is 7.42. The molecule has 0 aromatic heterocycles. The summed E-state index contributed by atoms with van der Waals surface area (Å²) in [5.41, 5.74) is 0. The Morgan fingerprint density at radius 2 is 0.571 bits per heavy atom. The minimum Gasteiger partial charge on any atom is -0.391 e. The van der Waals surface area contributed by atoms with Crippen LogP contribution in [0.15, 0.2) is 0 Å². The van der Waals surface area contributed by atoms with Gasteiger partial charge in [-0.25, -0.2) is 0 Å². The van der Waals surface area contributed by atoms with Gasteiger partial charge in [0.25, 0.3) is 0 Å². The lowest BCUT2D eigenvalue weighted by atomic mass is 10.5. The molecule has 0 aromatic carbocycles. The minimum atomic E-state index is 0.281. The minimum absolute atomic E-state index is 0.281. The van der Waals surface area contributed by atoms with Gasteiger partial charge in [-0.1, -0.05) is 0 Å². The highest BCUT2D eigenvalue weighted by molar-refractivity contribution is 4.20. The molecule has 0 saturated carbocycles. The number of likely N-dealkylation sites (N-methyl/N-ethyl adjacent to an activating group) is 3. The molecule has 0 saturated heterocycles. The highest BCUT2D eigenvalue weighted by Gasteiger charge is 2.03. The van der Waals surface area contributed by atoms with Crippen LogP contribution in [0.2, 0.25) is 0 Å². The monoisotopic (exact) mass is 312 g/mol. The lowest BCUT2D eigenvalue weighted by molar-refractivity contribution is -0.870. The number of hydrogen-bond donors (Lipinski definition) is 3. The average Bonchev–Trinajstić information content (AvgIpc) is 2.12. The number of aliphatic hydroxyl groups is 3. The van der Waals surface area contributed by atoms with E-state index in [-0.39, 0.29) is 19.8 Å². The standard InChI is InChI=1S/3C5H14NO/c3*1-6(2,3)4-5-7/h3*7H,4-5H2,1-3H3/q3*+1. The lowest BCUT2D eigenvalue weighted by Crippen LogP contribution is -2.36. The van der Waals surface area contributed by atoms with Gasteiger partial charge in [0, 0.05) is 0 Å². The van der Waals surface area contributed by atoms with Gasteiger partial charge in [0.15, 0.2) is 0 Å². The van der Waals surface area contributed by atoms with E-state index < -0.39 is 0 Å². The van der Waals surface area contributed by atoms with Crippen molar-refractivity contribution in [3.05, 3.63) is 0 Å². The third kappa shape index (κ3) is 45.1. The van der Waals surface area contributed by atoms with Crippen LogP contribution in [0.1, 0.15) is 0 Å². The largest absolute Gasteiger partial charge is 0.391 e. The molecule has 0 bridgehead atoms. The third-order valence-electron chi connectivity index (χ3n) is 2.31. The molecule has 132 valence electrons. The molecule has 0 atom stereocenters. The maximum atomic E-state index is 8.39. The van der Waals surface area contributed by atoms with Gasteiger partial charge in [0.1, 0.15) is 19.6 Å². The maximum absolute atomic E-state index is 8.39. The topological polar surface area (TPSA) is 60.7 Å². The van der Waals surface area contributed by atoms with E-state index in [4.69, 9.17) is 15.3 Å². The second kappa shape index (κ2) is 12.3. The van der Waals surface area contributed by atoms with Crippen molar-refractivity contribution < 1.29 is 28.8 Å². The number of aliphatic hydroxyl groups excluding tert-OH is 3. The molecular weight excluding hydrogens is 270 g/mol. The van der Waals surface area contributed by atoms with Crippen LogP contribution >= 0.6 is 0 Å². The highest BCUT2D eigenvalue weighted by Crippen LogP contribution is 1.85. The van der Waals surface area contributed by atoms with Gasteiger partial charge in [-0.2, -0.15) is 0 Å². The zero-order valence-electron chi connectivity index (χ0n) is 15.9. The van der Waals surface area contributed by atoms with E-state index in [0.717, 1.165) is 33.1 Å². The van der Waals surface area contributed by atoms with Crippen molar-refractivity contribution in [2.45, 2.75) is 0 Å². The summed E-state index contributed by atoms with van der Waals surface area (Å²) in [5, 5.41) is 25.2. The number of rotatable bonds is 6. The first kappa shape index (κ1) is 25.7. The van der Waals surface area contributed by atoms with Gasteiger partial charge < -0.3 is 28.8 Å². The fraction of sp³-hybridized carbons (Fsp3) is 1.00. The molecule has 0 unspecified atom stereocenters. The average molecular weight is 313 g/mol. The normalized spacial score (nSPS) is 12.0. The Labute approximate surface area is 132 Å². The van der Waals surface area contributed by atoms with Crippen molar-refractivity contribution in [3.63, 3.8) is 0 Å². The molecule has 0 radical (unpaired) electrons. The van der Waals surface area contributed by atoms with Gasteiger partial charge >= 0.3 is 0 Å². The third-order valence-corrected chi connectivity index (χ3v) is 2.31. The Bertz CT molecular complexity index is 178. The summed E-state index contributed by atoms with van der Waals surface area (Å²) in [6, 6.07) is 0. The van der Waals surface area contributed by atoms with Crippen molar-refractivity contribution in [2.75, 3.05) is 103 Å². The predicted molar refractivity (Wildman–Crippen MR) is 90.0 cm³/mol. The summed E-state index contributed by atoms with van der Waals surface area (Å²) in [5.74, 6) is 0. The summed E-state index contributed by atoms with van der Waals surface area (Å²) in [6.07, 6.45) is 0. The van der Waals surface area contributed by atoms with Crippen LogP contribution in [0.25, 0.3) is 0 Å². The zero-order chi connectivity index (χ0) is 17.7. The van der Waals surface area contributed by atoms with E-state index in [9.17, 15) is 0 Å². The van der Waals surface area contributed by atoms with Crippen molar-refractivity contribution in [3.8, 4) is 0 Å². The van der Waals surface area contributed by atoms with Crippen LogP contribution in [0.4, 0.5) is 0 Å². The van der Waals surface area contributed by atoms with Crippen LogP contribution in [0, 0.1) is 0 Å². The molecule has 0 spiro atoms. The smallest absolute Gasteiger partial charge is 0.101 e. The van der Waals surface area contributed by atoms with Crippen LogP contribution in [-0.4, -0.2) is 132 Å². The van der Waals surface area contributed by atoms with Crippen LogP contribution in [0.5, 0.6) is 0 Å². The van der Waals surface area contributed by atoms with Gasteiger partial charge in [0.2, 0.25) is 0 Å². The summed E-state index contributed by atoms with van der Waals surface area (Å²) >= 11 is 0. The molecule has 0 aliphatic carbocycles. The second-order valence-corrected chi connectivity index (χ2v) is 8.21. The molecule has 0 rings (SSSR count). The SMILES string of the molecule is C[N+](C)(C)CCO.C[N+](C)(C)CCO.C[N+](C)(C)CCO. The van der Waals surface area contributed by atoms with E-state index in [0.29, 0.717) is 0 Å². The second-order valence-electron chi connectivity index (χ2n) is 8.21. The summed E-state index contributed by atoms with van der Waals surface area (Å²) in [4.78, 5) is 0. The molecule has 3 N–H and O–H groups in total. The molecule has 0 aliphatic rings. The van der Waals surface area contributed by atoms with Crippen LogP contribution < -0.4 is 0 Å². The quantitative estimate of drug-likeness (QED) is 0.555. The number of hydrogen-bond acceptors (Lipinski definition) is 3. The van der Waals surface area contributed by atoms with Gasteiger partial charge in [-0.3, -0.25) is 0 Å². The van der Waals surface area contributed by atoms with E-state index in [1.165, 1.54) is 0 Å². The molecule has 0 fully saturated rings. The molecule has 6 heteroatoms. The van der Waals surface area contributed by atoms with Crippen molar-refractivity contribution in [1.29, 1.82) is 0 Å². The molecule has 0 amide bonds. The van der Waals surface area contributed by atoms with E-state index in [1.807, 2.05) is 0 Å². The lowest BCUT2D eigenvalue weighted by Gasteiger charge is -2.21. The Balaban J connectivity index is -0.000000231. The molecule has 0 aliphatic heterocycles. The zero-order valence-corrected chi connectivity index (χ0v) is 15.9. The summed E-state index contributed by atoms with van der Waals surface area (Å²) in [6.45, 7) is 3.34. The predicted octanol–water partition coefficient (Wildman–Crippen LogP) is -0.945.